The van der Waals surface area contributed by atoms with Crippen molar-refractivity contribution in [1.82, 2.24) is 5.32 Å². The number of amides is 1. The number of hydrogen-bond acceptors (Lipinski definition) is 4. The molecule has 2 unspecified atom stereocenters. The maximum atomic E-state index is 12.7. The van der Waals surface area contributed by atoms with E-state index in [1.165, 1.54) is 0 Å². The summed E-state index contributed by atoms with van der Waals surface area (Å²) < 4.78 is 5.08. The van der Waals surface area contributed by atoms with Crippen molar-refractivity contribution in [3.05, 3.63) is 84.3 Å². The molecule has 0 saturated carbocycles. The van der Waals surface area contributed by atoms with E-state index >= 15 is 0 Å². The Labute approximate surface area is 175 Å². The molecule has 0 spiro atoms. The largest absolute Gasteiger partial charge is 0.480 e. The lowest BCUT2D eigenvalue weighted by Crippen LogP contribution is -2.45. The van der Waals surface area contributed by atoms with Crippen molar-refractivity contribution in [2.45, 2.75) is 18.9 Å². The number of thiol groups is 1. The first-order chi connectivity index (χ1) is 14.1. The van der Waals surface area contributed by atoms with Crippen molar-refractivity contribution in [3.63, 3.8) is 0 Å². The Balaban J connectivity index is 1.64. The van der Waals surface area contributed by atoms with Crippen LogP contribution in [0.1, 0.15) is 11.1 Å². The fraction of sp³-hybridized carbons (Fsp3) is 0.217. The molecule has 150 valence electrons. The van der Waals surface area contributed by atoms with Crippen molar-refractivity contribution in [1.29, 1.82) is 0 Å². The van der Waals surface area contributed by atoms with Crippen LogP contribution in [0.15, 0.2) is 77.6 Å². The van der Waals surface area contributed by atoms with Gasteiger partial charge in [-0.15, -0.1) is 0 Å². The molecule has 6 heteroatoms. The van der Waals surface area contributed by atoms with E-state index in [0.29, 0.717) is 12.2 Å². The Morgan fingerprint density at radius 3 is 2.21 bits per heavy atom. The first kappa shape index (κ1) is 20.7. The molecule has 0 radical (unpaired) electrons. The van der Waals surface area contributed by atoms with Crippen LogP contribution in [0.25, 0.3) is 11.1 Å². The summed E-state index contributed by atoms with van der Waals surface area (Å²) in [6.07, 6.45) is 3.98. The van der Waals surface area contributed by atoms with Gasteiger partial charge in [0.1, 0.15) is 6.04 Å². The number of furan rings is 1. The number of carbonyl (C=O) groups excluding carboxylic acids is 1. The van der Waals surface area contributed by atoms with Gasteiger partial charge in [0.05, 0.1) is 18.4 Å². The SMILES string of the molecule is O=C(NC(Cc1ccc(-c2ccoc2)cc1)C(=O)O)C(CS)Cc1ccccc1. The average Bonchev–Trinajstić information content (AvgIpc) is 3.27. The van der Waals surface area contributed by atoms with E-state index in [9.17, 15) is 14.7 Å². The first-order valence-corrected chi connectivity index (χ1v) is 9.99. The summed E-state index contributed by atoms with van der Waals surface area (Å²) in [5, 5.41) is 12.3. The molecule has 3 rings (SSSR count). The second-order valence-electron chi connectivity index (χ2n) is 6.88. The lowest BCUT2D eigenvalue weighted by atomic mass is 9.98. The summed E-state index contributed by atoms with van der Waals surface area (Å²) >= 11 is 4.28. The molecule has 2 atom stereocenters. The van der Waals surface area contributed by atoms with Crippen LogP contribution in [0.3, 0.4) is 0 Å². The number of benzene rings is 2. The summed E-state index contributed by atoms with van der Waals surface area (Å²) in [6, 6.07) is 18.0. The molecule has 0 aliphatic heterocycles. The topological polar surface area (TPSA) is 79.5 Å². The fourth-order valence-corrected chi connectivity index (χ4v) is 3.42. The van der Waals surface area contributed by atoms with Gasteiger partial charge < -0.3 is 14.8 Å². The zero-order chi connectivity index (χ0) is 20.6. The van der Waals surface area contributed by atoms with E-state index in [0.717, 1.165) is 22.3 Å². The summed E-state index contributed by atoms with van der Waals surface area (Å²) in [5.41, 5.74) is 3.78. The third-order valence-electron chi connectivity index (χ3n) is 4.78. The van der Waals surface area contributed by atoms with E-state index in [4.69, 9.17) is 4.42 Å². The normalized spacial score (nSPS) is 12.9. The van der Waals surface area contributed by atoms with Gasteiger partial charge in [-0.05, 0) is 29.2 Å². The Kier molecular flexibility index (Phi) is 7.14. The maximum Gasteiger partial charge on any atom is 0.326 e. The Morgan fingerprint density at radius 1 is 0.931 bits per heavy atom. The molecule has 0 aliphatic carbocycles. The zero-order valence-corrected chi connectivity index (χ0v) is 16.7. The van der Waals surface area contributed by atoms with Crippen LogP contribution in [0, 0.1) is 5.92 Å². The van der Waals surface area contributed by atoms with Crippen LogP contribution >= 0.6 is 12.6 Å². The van der Waals surface area contributed by atoms with Crippen molar-refractivity contribution >= 4 is 24.5 Å². The van der Waals surface area contributed by atoms with Crippen LogP contribution in [-0.2, 0) is 22.4 Å². The van der Waals surface area contributed by atoms with Gasteiger partial charge in [0.15, 0.2) is 0 Å². The second kappa shape index (κ2) is 9.98. The molecular formula is C23H23NO4S. The number of hydrogen-bond donors (Lipinski definition) is 3. The van der Waals surface area contributed by atoms with Gasteiger partial charge in [0.2, 0.25) is 5.91 Å². The molecule has 2 N–H and O–H groups in total. The highest BCUT2D eigenvalue weighted by molar-refractivity contribution is 7.80. The Hall–Kier alpha value is -2.99. The fourth-order valence-electron chi connectivity index (χ4n) is 3.13. The number of carboxylic acid groups (broad SMARTS) is 1. The van der Waals surface area contributed by atoms with Crippen LogP contribution in [0.5, 0.6) is 0 Å². The van der Waals surface area contributed by atoms with Gasteiger partial charge >= 0.3 is 5.97 Å². The van der Waals surface area contributed by atoms with E-state index in [2.05, 4.69) is 17.9 Å². The molecule has 3 aromatic rings. The lowest BCUT2D eigenvalue weighted by molar-refractivity contribution is -0.142. The van der Waals surface area contributed by atoms with E-state index < -0.39 is 17.9 Å². The van der Waals surface area contributed by atoms with Crippen molar-refractivity contribution in [2.75, 3.05) is 5.75 Å². The van der Waals surface area contributed by atoms with Gasteiger partial charge in [0, 0.05) is 17.7 Å². The van der Waals surface area contributed by atoms with Crippen LogP contribution < -0.4 is 5.32 Å². The Morgan fingerprint density at radius 2 is 1.62 bits per heavy atom. The highest BCUT2D eigenvalue weighted by Crippen LogP contribution is 2.20. The lowest BCUT2D eigenvalue weighted by Gasteiger charge is -2.19. The maximum absolute atomic E-state index is 12.7. The highest BCUT2D eigenvalue weighted by atomic mass is 32.1. The minimum Gasteiger partial charge on any atom is -0.480 e. The highest BCUT2D eigenvalue weighted by Gasteiger charge is 2.25. The van der Waals surface area contributed by atoms with Gasteiger partial charge in [-0.2, -0.15) is 12.6 Å². The minimum absolute atomic E-state index is 0.206. The van der Waals surface area contributed by atoms with E-state index in [1.807, 2.05) is 60.7 Å². The number of carboxylic acids is 1. The predicted molar refractivity (Wildman–Crippen MR) is 115 cm³/mol. The molecule has 0 bridgehead atoms. The molecular weight excluding hydrogens is 386 g/mol. The predicted octanol–water partition coefficient (Wildman–Crippen LogP) is 3.85. The van der Waals surface area contributed by atoms with Crippen molar-refractivity contribution < 1.29 is 19.1 Å². The summed E-state index contributed by atoms with van der Waals surface area (Å²) in [5.74, 6) is -1.42. The molecule has 1 aromatic heterocycles. The first-order valence-electron chi connectivity index (χ1n) is 9.36. The molecule has 0 fully saturated rings. The molecule has 5 nitrogen and oxygen atoms in total. The molecule has 0 saturated heterocycles. The number of aliphatic carboxylic acids is 1. The van der Waals surface area contributed by atoms with Crippen LogP contribution in [0.2, 0.25) is 0 Å². The van der Waals surface area contributed by atoms with Crippen LogP contribution in [-0.4, -0.2) is 28.8 Å². The van der Waals surface area contributed by atoms with Crippen molar-refractivity contribution in [3.8, 4) is 11.1 Å². The van der Waals surface area contributed by atoms with Gasteiger partial charge in [-0.1, -0.05) is 54.6 Å². The molecule has 0 aliphatic rings. The van der Waals surface area contributed by atoms with E-state index in [-0.39, 0.29) is 12.3 Å². The number of rotatable bonds is 9. The van der Waals surface area contributed by atoms with Crippen LogP contribution in [0.4, 0.5) is 0 Å². The van der Waals surface area contributed by atoms with Crippen molar-refractivity contribution in [2.24, 2.45) is 5.92 Å². The minimum atomic E-state index is -1.06. The van der Waals surface area contributed by atoms with E-state index in [1.54, 1.807) is 12.5 Å². The van der Waals surface area contributed by atoms with Gasteiger partial charge in [-0.3, -0.25) is 4.79 Å². The third kappa shape index (κ3) is 5.74. The molecule has 2 aromatic carbocycles. The molecule has 29 heavy (non-hydrogen) atoms. The summed E-state index contributed by atoms with van der Waals surface area (Å²) in [4.78, 5) is 24.4. The Bertz CT molecular complexity index is 923. The smallest absolute Gasteiger partial charge is 0.326 e. The number of nitrogens with one attached hydrogen (secondary N) is 1. The van der Waals surface area contributed by atoms with Gasteiger partial charge in [0.25, 0.3) is 0 Å². The quantitative estimate of drug-likeness (QED) is 0.469. The summed E-state index contributed by atoms with van der Waals surface area (Å²) in [7, 11) is 0. The summed E-state index contributed by atoms with van der Waals surface area (Å²) in [6.45, 7) is 0. The average molecular weight is 410 g/mol. The number of carbonyl (C=O) groups is 2. The third-order valence-corrected chi connectivity index (χ3v) is 5.22. The second-order valence-corrected chi connectivity index (χ2v) is 7.25. The molecule has 1 amide bonds. The standard InChI is InChI=1S/C23H23NO4S/c25-22(20(15-29)12-16-4-2-1-3-5-16)24-21(23(26)27)13-17-6-8-18(9-7-17)19-10-11-28-14-19/h1-11,14,20-21,29H,12-13,15H2,(H,24,25)(H,26,27). The monoisotopic (exact) mass is 409 g/mol. The zero-order valence-electron chi connectivity index (χ0n) is 15.8. The van der Waals surface area contributed by atoms with Gasteiger partial charge in [-0.25, -0.2) is 4.79 Å². The molecule has 1 heterocycles.